The van der Waals surface area contributed by atoms with Crippen LogP contribution in [0.15, 0.2) is 12.1 Å². The molecule has 0 spiro atoms. The summed E-state index contributed by atoms with van der Waals surface area (Å²) in [6, 6.07) is 3.31. The first-order valence-corrected chi connectivity index (χ1v) is 7.24. The minimum Gasteiger partial charge on any atom is -0.398 e. The molecule has 1 aromatic carbocycles. The molecule has 0 radical (unpaired) electrons. The fourth-order valence-electron chi connectivity index (χ4n) is 2.21. The van der Waals surface area contributed by atoms with E-state index in [2.05, 4.69) is 36.3 Å². The second-order valence-electron chi connectivity index (χ2n) is 5.94. The molecule has 5 nitrogen and oxygen atoms in total. The first kappa shape index (κ1) is 15.4. The lowest BCUT2D eigenvalue weighted by Crippen LogP contribution is -2.10. The van der Waals surface area contributed by atoms with Gasteiger partial charge < -0.3 is 5.73 Å². The van der Waals surface area contributed by atoms with Crippen LogP contribution in [0.25, 0.3) is 11.4 Å². The quantitative estimate of drug-likeness (QED) is 0.857. The third-order valence-electron chi connectivity index (χ3n) is 3.71. The third kappa shape index (κ3) is 3.37. The highest BCUT2D eigenvalue weighted by atomic mass is 19.1. The van der Waals surface area contributed by atoms with Crippen LogP contribution in [0.2, 0.25) is 0 Å². The summed E-state index contributed by atoms with van der Waals surface area (Å²) in [5, 5.41) is 11.8. The van der Waals surface area contributed by atoms with Crippen molar-refractivity contribution in [3.05, 3.63) is 23.5 Å². The molecule has 0 fully saturated rings. The molecular formula is C15H22FN5. The molecule has 6 heteroatoms. The Morgan fingerprint density at radius 2 is 1.95 bits per heavy atom. The monoisotopic (exact) mass is 291 g/mol. The van der Waals surface area contributed by atoms with E-state index in [1.165, 1.54) is 6.07 Å². The van der Waals surface area contributed by atoms with Crippen LogP contribution in [0.5, 0.6) is 0 Å². The average molecular weight is 291 g/mol. The van der Waals surface area contributed by atoms with Gasteiger partial charge in [0.1, 0.15) is 5.82 Å². The number of nitrogens with two attached hydrogens (primary N) is 1. The van der Waals surface area contributed by atoms with Gasteiger partial charge in [-0.3, -0.25) is 0 Å². The summed E-state index contributed by atoms with van der Waals surface area (Å²) in [4.78, 5) is 0. The van der Waals surface area contributed by atoms with Crippen molar-refractivity contribution >= 4 is 5.69 Å². The molecule has 21 heavy (non-hydrogen) atoms. The fraction of sp³-hybridized carbons (Fsp3) is 0.533. The lowest BCUT2D eigenvalue weighted by molar-refractivity contribution is 0.406. The van der Waals surface area contributed by atoms with Crippen LogP contribution in [-0.4, -0.2) is 20.2 Å². The number of rotatable bonds is 5. The molecule has 2 N–H and O–H groups in total. The Morgan fingerprint density at radius 3 is 2.57 bits per heavy atom. The van der Waals surface area contributed by atoms with E-state index in [0.29, 0.717) is 28.6 Å². The van der Waals surface area contributed by atoms with Crippen LogP contribution >= 0.6 is 0 Å². The van der Waals surface area contributed by atoms with Crippen molar-refractivity contribution < 1.29 is 4.39 Å². The minimum absolute atomic E-state index is 0.156. The number of aromatic nitrogens is 4. The van der Waals surface area contributed by atoms with E-state index in [-0.39, 0.29) is 11.9 Å². The van der Waals surface area contributed by atoms with Crippen LogP contribution in [0.4, 0.5) is 10.1 Å². The van der Waals surface area contributed by atoms with Crippen LogP contribution in [-0.2, 0) is 0 Å². The van der Waals surface area contributed by atoms with Gasteiger partial charge in [0.15, 0.2) is 5.82 Å². The van der Waals surface area contributed by atoms with E-state index in [9.17, 15) is 4.39 Å². The number of nitrogen functional groups attached to an aromatic ring is 1. The van der Waals surface area contributed by atoms with Gasteiger partial charge in [0.05, 0.1) is 6.04 Å². The van der Waals surface area contributed by atoms with Gasteiger partial charge in [-0.15, -0.1) is 5.10 Å². The Labute approximate surface area is 124 Å². The predicted molar refractivity (Wildman–Crippen MR) is 81.1 cm³/mol. The van der Waals surface area contributed by atoms with Crippen molar-refractivity contribution in [1.82, 2.24) is 20.2 Å². The summed E-state index contributed by atoms with van der Waals surface area (Å²) >= 11 is 0. The first-order valence-electron chi connectivity index (χ1n) is 7.24. The molecule has 0 bridgehead atoms. The lowest BCUT2D eigenvalue weighted by atomic mass is 10.0. The zero-order chi connectivity index (χ0) is 15.6. The average Bonchev–Trinajstić information content (AvgIpc) is 2.91. The molecule has 0 aliphatic rings. The number of halogens is 1. The van der Waals surface area contributed by atoms with Gasteiger partial charge in [0.2, 0.25) is 0 Å². The molecule has 0 aliphatic heterocycles. The molecule has 0 aliphatic carbocycles. The number of benzene rings is 1. The Bertz CT molecular complexity index is 597. The van der Waals surface area contributed by atoms with Crippen molar-refractivity contribution in [2.75, 3.05) is 5.73 Å². The Morgan fingerprint density at radius 1 is 1.24 bits per heavy atom. The molecule has 0 saturated heterocycles. The second kappa shape index (κ2) is 6.20. The highest BCUT2D eigenvalue weighted by Gasteiger charge is 2.17. The summed E-state index contributed by atoms with van der Waals surface area (Å²) in [7, 11) is 0. The predicted octanol–water partition coefficient (Wildman–Crippen LogP) is 3.37. The van der Waals surface area contributed by atoms with E-state index in [1.807, 2.05) is 0 Å². The number of tetrazole rings is 1. The summed E-state index contributed by atoms with van der Waals surface area (Å²) < 4.78 is 15.6. The van der Waals surface area contributed by atoms with Crippen molar-refractivity contribution in [1.29, 1.82) is 0 Å². The Kier molecular flexibility index (Phi) is 4.55. The third-order valence-corrected chi connectivity index (χ3v) is 3.71. The van der Waals surface area contributed by atoms with Crippen molar-refractivity contribution in [3.8, 4) is 11.4 Å². The van der Waals surface area contributed by atoms with Crippen molar-refractivity contribution in [2.45, 2.75) is 46.6 Å². The van der Waals surface area contributed by atoms with Gasteiger partial charge in [-0.2, -0.15) is 0 Å². The molecule has 114 valence electrons. The highest BCUT2D eigenvalue weighted by Crippen LogP contribution is 2.27. The summed E-state index contributed by atoms with van der Waals surface area (Å²) in [5.41, 5.74) is 7.30. The molecule has 2 aromatic rings. The molecule has 1 heterocycles. The summed E-state index contributed by atoms with van der Waals surface area (Å²) in [5.74, 6) is 0.839. The number of hydrogen-bond acceptors (Lipinski definition) is 4. The number of anilines is 1. The molecule has 0 saturated carbocycles. The van der Waals surface area contributed by atoms with E-state index in [1.54, 1.807) is 17.7 Å². The van der Waals surface area contributed by atoms with Gasteiger partial charge >= 0.3 is 0 Å². The minimum atomic E-state index is -0.339. The molecule has 2 rings (SSSR count). The molecule has 1 atom stereocenters. The van der Waals surface area contributed by atoms with E-state index in [4.69, 9.17) is 5.73 Å². The molecule has 0 amide bonds. The topological polar surface area (TPSA) is 69.6 Å². The van der Waals surface area contributed by atoms with Crippen LogP contribution in [0.1, 0.15) is 45.2 Å². The summed E-state index contributed by atoms with van der Waals surface area (Å²) in [6.45, 7) is 8.09. The second-order valence-corrected chi connectivity index (χ2v) is 5.94. The standard InChI is InChI=1S/C15H22FN5/c1-9(2)5-6-10(3)21-15(18-19-20-21)12-7-13(16)11(4)14(17)8-12/h7-10H,5-6,17H2,1-4H3. The van der Waals surface area contributed by atoms with Gasteiger partial charge in [0, 0.05) is 16.8 Å². The highest BCUT2D eigenvalue weighted by molar-refractivity contribution is 5.64. The van der Waals surface area contributed by atoms with E-state index in [0.717, 1.165) is 12.8 Å². The lowest BCUT2D eigenvalue weighted by Gasteiger charge is -2.15. The van der Waals surface area contributed by atoms with Crippen molar-refractivity contribution in [2.24, 2.45) is 5.92 Å². The number of nitrogens with zero attached hydrogens (tertiary/aromatic N) is 4. The zero-order valence-electron chi connectivity index (χ0n) is 13.0. The van der Waals surface area contributed by atoms with Gasteiger partial charge in [0.25, 0.3) is 0 Å². The Balaban J connectivity index is 2.32. The smallest absolute Gasteiger partial charge is 0.182 e. The molecular weight excluding hydrogens is 269 g/mol. The summed E-state index contributed by atoms with van der Waals surface area (Å²) in [6.07, 6.45) is 2.06. The maximum atomic E-state index is 13.9. The van der Waals surface area contributed by atoms with Gasteiger partial charge in [-0.05, 0) is 55.2 Å². The van der Waals surface area contributed by atoms with Gasteiger partial charge in [-0.1, -0.05) is 13.8 Å². The zero-order valence-corrected chi connectivity index (χ0v) is 13.0. The fourth-order valence-corrected chi connectivity index (χ4v) is 2.21. The van der Waals surface area contributed by atoms with Crippen LogP contribution in [0, 0.1) is 18.7 Å². The largest absolute Gasteiger partial charge is 0.398 e. The first-order chi connectivity index (χ1) is 9.90. The normalized spacial score (nSPS) is 12.9. The maximum Gasteiger partial charge on any atom is 0.182 e. The Hall–Kier alpha value is -1.98. The maximum absolute atomic E-state index is 13.9. The van der Waals surface area contributed by atoms with Gasteiger partial charge in [-0.25, -0.2) is 9.07 Å². The molecule has 1 aromatic heterocycles. The van der Waals surface area contributed by atoms with E-state index >= 15 is 0 Å². The van der Waals surface area contributed by atoms with Crippen molar-refractivity contribution in [3.63, 3.8) is 0 Å². The van der Waals surface area contributed by atoms with Crippen LogP contribution in [0.3, 0.4) is 0 Å². The molecule has 1 unspecified atom stereocenters. The van der Waals surface area contributed by atoms with Crippen LogP contribution < -0.4 is 5.73 Å². The van der Waals surface area contributed by atoms with E-state index < -0.39 is 0 Å². The SMILES string of the molecule is Cc1c(N)cc(-c2nnnn2C(C)CCC(C)C)cc1F. The number of hydrogen-bond donors (Lipinski definition) is 1.